The van der Waals surface area contributed by atoms with Crippen molar-refractivity contribution >= 4 is 28.1 Å². The molecular formula is C26H41N5S. The number of thiocarbonyl (C=S) groups is 1. The molecule has 1 aliphatic carbocycles. The average molecular weight is 456 g/mol. The van der Waals surface area contributed by atoms with Gasteiger partial charge in [-0.05, 0) is 61.3 Å². The van der Waals surface area contributed by atoms with E-state index in [9.17, 15) is 0 Å². The predicted octanol–water partition coefficient (Wildman–Crippen LogP) is 4.78. The van der Waals surface area contributed by atoms with Gasteiger partial charge in [0, 0.05) is 49.3 Å². The highest BCUT2D eigenvalue weighted by Gasteiger charge is 2.33. The number of hydrogen-bond acceptors (Lipinski definition) is 4. The number of benzene rings is 1. The van der Waals surface area contributed by atoms with E-state index in [0.29, 0.717) is 18.0 Å². The Bertz CT molecular complexity index is 914. The molecule has 2 aliphatic rings. The van der Waals surface area contributed by atoms with Crippen LogP contribution >= 0.6 is 12.2 Å². The van der Waals surface area contributed by atoms with Gasteiger partial charge in [-0.25, -0.2) is 0 Å². The van der Waals surface area contributed by atoms with Crippen molar-refractivity contribution in [1.29, 1.82) is 0 Å². The van der Waals surface area contributed by atoms with Gasteiger partial charge in [-0.1, -0.05) is 45.6 Å². The SMILES string of the molecule is C=C(NC1CCCN(C(=S)C2CC(N)C2)C1)N(C)Cc1cc2cc(CC)ccc2[nH]1.CC. The average Bonchev–Trinajstić information content (AvgIpc) is 3.19. The maximum atomic E-state index is 5.95. The van der Waals surface area contributed by atoms with Gasteiger partial charge in [0.1, 0.15) is 0 Å². The summed E-state index contributed by atoms with van der Waals surface area (Å²) >= 11 is 5.76. The van der Waals surface area contributed by atoms with Gasteiger partial charge in [0.2, 0.25) is 0 Å². The molecule has 0 radical (unpaired) electrons. The molecule has 1 unspecified atom stereocenters. The number of rotatable bonds is 7. The predicted molar refractivity (Wildman–Crippen MR) is 141 cm³/mol. The zero-order chi connectivity index (χ0) is 23.3. The molecule has 0 bridgehead atoms. The number of H-pyrrole nitrogens is 1. The maximum Gasteiger partial charge on any atom is 0.0942 e. The van der Waals surface area contributed by atoms with Crippen molar-refractivity contribution in [3.05, 3.63) is 47.9 Å². The molecule has 2 fully saturated rings. The number of fused-ring (bicyclic) bond motifs is 1. The Hall–Kier alpha value is -2.05. The van der Waals surface area contributed by atoms with Crippen molar-refractivity contribution in [3.63, 3.8) is 0 Å². The van der Waals surface area contributed by atoms with Crippen LogP contribution in [0.1, 0.15) is 57.7 Å². The Morgan fingerprint density at radius 2 is 2.06 bits per heavy atom. The van der Waals surface area contributed by atoms with Crippen molar-refractivity contribution < 1.29 is 0 Å². The summed E-state index contributed by atoms with van der Waals surface area (Å²) in [6, 6.07) is 9.63. The fourth-order valence-electron chi connectivity index (χ4n) is 4.66. The number of likely N-dealkylation sites (tertiary alicyclic amines) is 1. The van der Waals surface area contributed by atoms with Crippen molar-refractivity contribution in [3.8, 4) is 0 Å². The standard InChI is InChI=1S/C24H35N5S.C2H6/c1-4-17-7-8-23-18(10-17)13-22(27-23)14-28(3)16(2)26-21-6-5-9-29(15-21)24(30)19-11-20(25)12-19;1-2/h7-8,10,13,19-21,26-27H,2,4-6,9,11-12,14-15,25H2,1,3H3;1-2H3. The monoisotopic (exact) mass is 455 g/mol. The number of nitrogens with two attached hydrogens (primary N) is 1. The first-order valence-corrected chi connectivity index (χ1v) is 12.6. The van der Waals surface area contributed by atoms with Crippen LogP contribution in [0.2, 0.25) is 0 Å². The Balaban J connectivity index is 0.00000141. The van der Waals surface area contributed by atoms with Gasteiger partial charge < -0.3 is 25.8 Å². The molecule has 0 amide bonds. The van der Waals surface area contributed by atoms with E-state index in [4.69, 9.17) is 18.0 Å². The van der Waals surface area contributed by atoms with Gasteiger partial charge in [0.05, 0.1) is 17.4 Å². The summed E-state index contributed by atoms with van der Waals surface area (Å²) in [5, 5.41) is 4.93. The number of aromatic nitrogens is 1. The van der Waals surface area contributed by atoms with Crippen molar-refractivity contribution in [1.82, 2.24) is 20.1 Å². The summed E-state index contributed by atoms with van der Waals surface area (Å²) in [6.45, 7) is 13.3. The molecule has 1 aliphatic heterocycles. The minimum absolute atomic E-state index is 0.346. The fraction of sp³-hybridized carbons (Fsp3) is 0.577. The number of nitrogens with zero attached hydrogens (tertiary/aromatic N) is 2. The van der Waals surface area contributed by atoms with Gasteiger partial charge in [0.15, 0.2) is 0 Å². The molecule has 4 rings (SSSR count). The van der Waals surface area contributed by atoms with E-state index in [0.717, 1.165) is 62.5 Å². The molecule has 4 N–H and O–H groups in total. The van der Waals surface area contributed by atoms with E-state index in [1.165, 1.54) is 22.2 Å². The lowest BCUT2D eigenvalue weighted by atomic mass is 9.80. The zero-order valence-electron chi connectivity index (χ0n) is 20.3. The van der Waals surface area contributed by atoms with Crippen LogP contribution in [-0.4, -0.2) is 52.0 Å². The van der Waals surface area contributed by atoms with Gasteiger partial charge in [-0.2, -0.15) is 0 Å². The third-order valence-corrected chi connectivity index (χ3v) is 7.24. The van der Waals surface area contributed by atoms with Gasteiger partial charge >= 0.3 is 0 Å². The first kappa shape index (κ1) is 24.6. The van der Waals surface area contributed by atoms with Crippen LogP contribution in [0.4, 0.5) is 0 Å². The van der Waals surface area contributed by atoms with E-state index in [-0.39, 0.29) is 0 Å². The quantitative estimate of drug-likeness (QED) is 0.525. The first-order chi connectivity index (χ1) is 15.4. The minimum Gasteiger partial charge on any atom is -0.368 e. The summed E-state index contributed by atoms with van der Waals surface area (Å²) < 4.78 is 0. The second-order valence-electron chi connectivity index (χ2n) is 9.07. The van der Waals surface area contributed by atoms with Crippen LogP contribution in [0.3, 0.4) is 0 Å². The third-order valence-electron chi connectivity index (χ3n) is 6.65. The smallest absolute Gasteiger partial charge is 0.0942 e. The summed E-state index contributed by atoms with van der Waals surface area (Å²) in [4.78, 5) is 9.24. The number of nitrogens with one attached hydrogen (secondary N) is 2. The van der Waals surface area contributed by atoms with Crippen molar-refractivity contribution in [2.45, 2.75) is 71.5 Å². The normalized spacial score (nSPS) is 22.5. The zero-order valence-corrected chi connectivity index (χ0v) is 21.1. The number of aryl methyl sites for hydroxylation is 1. The molecule has 2 heterocycles. The number of hydrogen-bond donors (Lipinski definition) is 3. The molecule has 32 heavy (non-hydrogen) atoms. The summed E-state index contributed by atoms with van der Waals surface area (Å²) in [6.07, 6.45) is 5.48. The van der Waals surface area contributed by atoms with E-state index in [1.54, 1.807) is 0 Å². The molecule has 2 aromatic rings. The highest BCUT2D eigenvalue weighted by atomic mass is 32.1. The van der Waals surface area contributed by atoms with Crippen LogP contribution in [0.5, 0.6) is 0 Å². The lowest BCUT2D eigenvalue weighted by molar-refractivity contribution is 0.242. The second-order valence-corrected chi connectivity index (χ2v) is 9.49. The molecule has 1 atom stereocenters. The second kappa shape index (κ2) is 11.2. The highest BCUT2D eigenvalue weighted by molar-refractivity contribution is 7.80. The summed E-state index contributed by atoms with van der Waals surface area (Å²) in [7, 11) is 2.10. The van der Waals surface area contributed by atoms with E-state index in [1.807, 2.05) is 13.8 Å². The van der Waals surface area contributed by atoms with Crippen molar-refractivity contribution in [2.75, 3.05) is 20.1 Å². The summed E-state index contributed by atoms with van der Waals surface area (Å²) in [5.74, 6) is 1.47. The lowest BCUT2D eigenvalue weighted by Crippen LogP contribution is -2.52. The van der Waals surface area contributed by atoms with Gasteiger partial charge in [-0.15, -0.1) is 0 Å². The Morgan fingerprint density at radius 3 is 2.75 bits per heavy atom. The largest absolute Gasteiger partial charge is 0.368 e. The maximum absolute atomic E-state index is 5.95. The molecule has 1 saturated heterocycles. The van der Waals surface area contributed by atoms with Crippen LogP contribution in [0.15, 0.2) is 36.7 Å². The van der Waals surface area contributed by atoms with Crippen LogP contribution in [0.25, 0.3) is 10.9 Å². The minimum atomic E-state index is 0.346. The Kier molecular flexibility index (Phi) is 8.60. The molecule has 1 saturated carbocycles. The fourth-order valence-corrected chi connectivity index (χ4v) is 5.02. The summed E-state index contributed by atoms with van der Waals surface area (Å²) in [5.41, 5.74) is 9.73. The molecule has 6 heteroatoms. The molecule has 0 spiro atoms. The lowest BCUT2D eigenvalue weighted by Gasteiger charge is -2.42. The first-order valence-electron chi connectivity index (χ1n) is 12.2. The number of piperidine rings is 1. The van der Waals surface area contributed by atoms with E-state index >= 15 is 0 Å². The molecular weight excluding hydrogens is 414 g/mol. The third kappa shape index (κ3) is 5.84. The van der Waals surface area contributed by atoms with E-state index in [2.05, 4.69) is 64.9 Å². The topological polar surface area (TPSA) is 60.3 Å². The van der Waals surface area contributed by atoms with Crippen molar-refractivity contribution in [2.24, 2.45) is 11.7 Å². The van der Waals surface area contributed by atoms with Crippen LogP contribution in [-0.2, 0) is 13.0 Å². The van der Waals surface area contributed by atoms with Gasteiger partial charge in [-0.3, -0.25) is 0 Å². The molecule has 5 nitrogen and oxygen atoms in total. The molecule has 1 aromatic heterocycles. The highest BCUT2D eigenvalue weighted by Crippen LogP contribution is 2.30. The molecule has 1 aromatic carbocycles. The number of aromatic amines is 1. The van der Waals surface area contributed by atoms with E-state index < -0.39 is 0 Å². The Morgan fingerprint density at radius 1 is 1.31 bits per heavy atom. The Labute approximate surface area is 199 Å². The van der Waals surface area contributed by atoms with Gasteiger partial charge in [0.25, 0.3) is 0 Å². The molecule has 176 valence electrons. The van der Waals surface area contributed by atoms with Crippen LogP contribution in [0, 0.1) is 5.92 Å². The van der Waals surface area contributed by atoms with Crippen LogP contribution < -0.4 is 11.1 Å².